The molecule has 0 bridgehead atoms. The summed E-state index contributed by atoms with van der Waals surface area (Å²) in [7, 11) is 0. The standard InChI is InChI=1S/C9H9BrN4/c10-8-2-1-7(9(11)5-8)6-14-4-3-12-13-14/h1-5H,6,11H2. The first-order valence-electron chi connectivity index (χ1n) is 4.14. The molecule has 5 heteroatoms. The van der Waals surface area contributed by atoms with Gasteiger partial charge in [-0.1, -0.05) is 27.2 Å². The molecule has 0 fully saturated rings. The number of aromatic nitrogens is 3. The summed E-state index contributed by atoms with van der Waals surface area (Å²) in [6.07, 6.45) is 3.45. The zero-order chi connectivity index (χ0) is 9.97. The monoisotopic (exact) mass is 252 g/mol. The predicted octanol–water partition coefficient (Wildman–Crippen LogP) is 1.67. The lowest BCUT2D eigenvalue weighted by atomic mass is 10.2. The molecule has 14 heavy (non-hydrogen) atoms. The molecule has 2 aromatic rings. The minimum atomic E-state index is 0.652. The van der Waals surface area contributed by atoms with E-state index in [0.29, 0.717) is 6.54 Å². The van der Waals surface area contributed by atoms with E-state index in [1.165, 1.54) is 0 Å². The first kappa shape index (κ1) is 9.21. The molecule has 0 aliphatic rings. The fourth-order valence-corrected chi connectivity index (χ4v) is 1.58. The molecule has 0 unspecified atom stereocenters. The van der Waals surface area contributed by atoms with E-state index < -0.39 is 0 Å². The van der Waals surface area contributed by atoms with Gasteiger partial charge in [0.25, 0.3) is 0 Å². The second-order valence-electron chi connectivity index (χ2n) is 2.94. The van der Waals surface area contributed by atoms with Crippen LogP contribution in [0.1, 0.15) is 5.56 Å². The Morgan fingerprint density at radius 1 is 1.43 bits per heavy atom. The van der Waals surface area contributed by atoms with Crippen LogP contribution in [-0.4, -0.2) is 15.0 Å². The van der Waals surface area contributed by atoms with Gasteiger partial charge in [-0.05, 0) is 17.7 Å². The number of benzene rings is 1. The molecule has 1 aromatic carbocycles. The van der Waals surface area contributed by atoms with Gasteiger partial charge in [-0.2, -0.15) is 0 Å². The van der Waals surface area contributed by atoms with Gasteiger partial charge in [-0.15, -0.1) is 5.10 Å². The summed E-state index contributed by atoms with van der Waals surface area (Å²) in [6.45, 7) is 0.652. The molecular formula is C9H9BrN4. The Bertz CT molecular complexity index is 424. The molecule has 4 nitrogen and oxygen atoms in total. The van der Waals surface area contributed by atoms with Crippen LogP contribution in [0.2, 0.25) is 0 Å². The van der Waals surface area contributed by atoms with Crippen molar-refractivity contribution in [2.45, 2.75) is 6.54 Å². The molecule has 1 heterocycles. The smallest absolute Gasteiger partial charge is 0.0697 e. The Hall–Kier alpha value is -1.36. The van der Waals surface area contributed by atoms with E-state index >= 15 is 0 Å². The summed E-state index contributed by atoms with van der Waals surface area (Å²) in [5.74, 6) is 0. The molecule has 2 rings (SSSR count). The Morgan fingerprint density at radius 2 is 2.29 bits per heavy atom. The average molecular weight is 253 g/mol. The van der Waals surface area contributed by atoms with Crippen molar-refractivity contribution < 1.29 is 0 Å². The minimum Gasteiger partial charge on any atom is -0.398 e. The molecular weight excluding hydrogens is 244 g/mol. The van der Waals surface area contributed by atoms with Crippen LogP contribution in [0.5, 0.6) is 0 Å². The molecule has 1 aromatic heterocycles. The summed E-state index contributed by atoms with van der Waals surface area (Å²) in [5.41, 5.74) is 7.65. The topological polar surface area (TPSA) is 56.7 Å². The van der Waals surface area contributed by atoms with Crippen molar-refractivity contribution in [2.75, 3.05) is 5.73 Å². The van der Waals surface area contributed by atoms with Crippen LogP contribution in [0.25, 0.3) is 0 Å². The van der Waals surface area contributed by atoms with Crippen LogP contribution in [0.3, 0.4) is 0 Å². The normalized spacial score (nSPS) is 10.4. The van der Waals surface area contributed by atoms with E-state index in [1.54, 1.807) is 10.9 Å². The van der Waals surface area contributed by atoms with Crippen molar-refractivity contribution in [1.29, 1.82) is 0 Å². The second-order valence-corrected chi connectivity index (χ2v) is 3.86. The van der Waals surface area contributed by atoms with Gasteiger partial charge in [0.05, 0.1) is 12.7 Å². The lowest BCUT2D eigenvalue weighted by Crippen LogP contribution is -2.03. The SMILES string of the molecule is Nc1cc(Br)ccc1Cn1ccnn1. The fourth-order valence-electron chi connectivity index (χ4n) is 1.20. The summed E-state index contributed by atoms with van der Waals surface area (Å²) in [6, 6.07) is 5.82. The van der Waals surface area contributed by atoms with Crippen molar-refractivity contribution in [2.24, 2.45) is 0 Å². The molecule has 0 saturated heterocycles. The van der Waals surface area contributed by atoms with E-state index in [4.69, 9.17) is 5.73 Å². The third kappa shape index (κ3) is 1.93. The number of rotatable bonds is 2. The maximum atomic E-state index is 5.85. The van der Waals surface area contributed by atoms with Crippen molar-refractivity contribution >= 4 is 21.6 Å². The Labute approximate surface area is 89.9 Å². The van der Waals surface area contributed by atoms with Crippen LogP contribution in [0.15, 0.2) is 35.1 Å². The van der Waals surface area contributed by atoms with Crippen LogP contribution in [0.4, 0.5) is 5.69 Å². The van der Waals surface area contributed by atoms with Crippen molar-refractivity contribution in [1.82, 2.24) is 15.0 Å². The predicted molar refractivity (Wildman–Crippen MR) is 57.7 cm³/mol. The lowest BCUT2D eigenvalue weighted by molar-refractivity contribution is 0.650. The highest BCUT2D eigenvalue weighted by Gasteiger charge is 2.00. The molecule has 0 spiro atoms. The third-order valence-electron chi connectivity index (χ3n) is 1.91. The second kappa shape index (κ2) is 3.79. The maximum Gasteiger partial charge on any atom is 0.0697 e. The van der Waals surface area contributed by atoms with E-state index in [0.717, 1.165) is 15.7 Å². The summed E-state index contributed by atoms with van der Waals surface area (Å²) >= 11 is 3.36. The average Bonchev–Trinajstić information content (AvgIpc) is 2.62. The Balaban J connectivity index is 2.25. The van der Waals surface area contributed by atoms with Gasteiger partial charge in [0, 0.05) is 16.4 Å². The van der Waals surface area contributed by atoms with Gasteiger partial charge in [-0.3, -0.25) is 0 Å². The van der Waals surface area contributed by atoms with Crippen molar-refractivity contribution in [3.05, 3.63) is 40.6 Å². The highest BCUT2D eigenvalue weighted by molar-refractivity contribution is 9.10. The van der Waals surface area contributed by atoms with Crippen molar-refractivity contribution in [3.8, 4) is 0 Å². The van der Waals surface area contributed by atoms with Crippen LogP contribution in [-0.2, 0) is 6.54 Å². The quantitative estimate of drug-likeness (QED) is 0.828. The number of hydrogen-bond donors (Lipinski definition) is 1. The van der Waals surface area contributed by atoms with Gasteiger partial charge < -0.3 is 5.73 Å². The summed E-state index contributed by atoms with van der Waals surface area (Å²) < 4.78 is 2.72. The molecule has 0 aliphatic carbocycles. The fraction of sp³-hybridized carbons (Fsp3) is 0.111. The van der Waals surface area contributed by atoms with Gasteiger partial charge in [0.2, 0.25) is 0 Å². The van der Waals surface area contributed by atoms with Crippen LogP contribution >= 0.6 is 15.9 Å². The van der Waals surface area contributed by atoms with Gasteiger partial charge in [0.15, 0.2) is 0 Å². The zero-order valence-electron chi connectivity index (χ0n) is 7.39. The van der Waals surface area contributed by atoms with Gasteiger partial charge >= 0.3 is 0 Å². The summed E-state index contributed by atoms with van der Waals surface area (Å²) in [5, 5.41) is 7.60. The number of halogens is 1. The highest BCUT2D eigenvalue weighted by atomic mass is 79.9. The molecule has 0 aliphatic heterocycles. The third-order valence-corrected chi connectivity index (χ3v) is 2.41. The molecule has 2 N–H and O–H groups in total. The molecule has 0 radical (unpaired) electrons. The molecule has 0 saturated carbocycles. The lowest BCUT2D eigenvalue weighted by Gasteiger charge is -2.05. The van der Waals surface area contributed by atoms with E-state index in [9.17, 15) is 0 Å². The minimum absolute atomic E-state index is 0.652. The first-order chi connectivity index (χ1) is 6.75. The molecule has 0 atom stereocenters. The van der Waals surface area contributed by atoms with Gasteiger partial charge in [0.1, 0.15) is 0 Å². The molecule has 72 valence electrons. The first-order valence-corrected chi connectivity index (χ1v) is 4.93. The molecule has 0 amide bonds. The zero-order valence-corrected chi connectivity index (χ0v) is 8.98. The number of nitrogens with zero attached hydrogens (tertiary/aromatic N) is 3. The van der Waals surface area contributed by atoms with E-state index in [2.05, 4.69) is 26.2 Å². The Kier molecular flexibility index (Phi) is 2.49. The highest BCUT2D eigenvalue weighted by Crippen LogP contribution is 2.18. The largest absolute Gasteiger partial charge is 0.398 e. The maximum absolute atomic E-state index is 5.85. The van der Waals surface area contributed by atoms with Crippen LogP contribution in [0, 0.1) is 0 Å². The number of hydrogen-bond acceptors (Lipinski definition) is 3. The van der Waals surface area contributed by atoms with Crippen LogP contribution < -0.4 is 5.73 Å². The number of anilines is 1. The Morgan fingerprint density at radius 3 is 2.93 bits per heavy atom. The van der Waals surface area contributed by atoms with E-state index in [-0.39, 0.29) is 0 Å². The summed E-state index contributed by atoms with van der Waals surface area (Å²) in [4.78, 5) is 0. The van der Waals surface area contributed by atoms with Gasteiger partial charge in [-0.25, -0.2) is 4.68 Å². The van der Waals surface area contributed by atoms with E-state index in [1.807, 2.05) is 24.4 Å². The number of nitrogen functional groups attached to an aromatic ring is 1. The number of nitrogens with two attached hydrogens (primary N) is 1. The van der Waals surface area contributed by atoms with Crippen molar-refractivity contribution in [3.63, 3.8) is 0 Å².